The highest BCUT2D eigenvalue weighted by Crippen LogP contribution is 2.20. The van der Waals surface area contributed by atoms with E-state index in [0.717, 1.165) is 12.8 Å². The number of rotatable bonds is 7. The molecule has 34 heavy (non-hydrogen) atoms. The molecule has 0 bridgehead atoms. The molecule has 0 spiro atoms. The zero-order valence-electron chi connectivity index (χ0n) is 19.3. The summed E-state index contributed by atoms with van der Waals surface area (Å²) in [5.74, 6) is 0.106. The fourth-order valence-corrected chi connectivity index (χ4v) is 3.71. The zero-order chi connectivity index (χ0) is 24.5. The number of likely N-dealkylation sites (tertiary alicyclic amines) is 1. The van der Waals surface area contributed by atoms with Crippen LogP contribution in [0.5, 0.6) is 5.75 Å². The Morgan fingerprint density at radius 1 is 1.00 bits per heavy atom. The quantitative estimate of drug-likeness (QED) is 0.476. The van der Waals surface area contributed by atoms with Gasteiger partial charge in [-0.1, -0.05) is 6.07 Å². The topological polar surface area (TPSA) is 114 Å². The Bertz CT molecular complexity index is 1030. The molecule has 9 heteroatoms. The van der Waals surface area contributed by atoms with E-state index in [1.54, 1.807) is 60.4 Å². The Morgan fingerprint density at radius 2 is 1.71 bits per heavy atom. The lowest BCUT2D eigenvalue weighted by molar-refractivity contribution is -0.114. The number of nitrogens with one attached hydrogen (secondary N) is 2. The van der Waals surface area contributed by atoms with Crippen LogP contribution >= 0.6 is 0 Å². The molecular formula is C25H29N3O6. The Labute approximate surface area is 198 Å². The van der Waals surface area contributed by atoms with Crippen molar-refractivity contribution in [1.82, 2.24) is 10.2 Å². The predicted octanol–water partition coefficient (Wildman–Crippen LogP) is 3.46. The maximum absolute atomic E-state index is 12.8. The average molecular weight is 468 g/mol. The van der Waals surface area contributed by atoms with Crippen molar-refractivity contribution in [3.05, 3.63) is 59.7 Å². The lowest BCUT2D eigenvalue weighted by atomic mass is 9.96. The van der Waals surface area contributed by atoms with Crippen molar-refractivity contribution in [2.24, 2.45) is 5.92 Å². The molecule has 1 heterocycles. The van der Waals surface area contributed by atoms with Gasteiger partial charge in [-0.3, -0.25) is 14.4 Å². The van der Waals surface area contributed by atoms with Crippen molar-refractivity contribution >= 4 is 29.6 Å². The van der Waals surface area contributed by atoms with E-state index < -0.39 is 6.16 Å². The number of hydrogen-bond acceptors (Lipinski definition) is 6. The molecule has 1 aliphatic rings. The number of carbonyl (C=O) groups is 4. The normalized spacial score (nSPS) is 13.6. The predicted molar refractivity (Wildman–Crippen MR) is 126 cm³/mol. The first-order valence-corrected chi connectivity index (χ1v) is 11.3. The van der Waals surface area contributed by atoms with Crippen LogP contribution in [0.15, 0.2) is 48.5 Å². The third-order valence-corrected chi connectivity index (χ3v) is 5.46. The van der Waals surface area contributed by atoms with Gasteiger partial charge in [0.25, 0.3) is 11.8 Å². The van der Waals surface area contributed by atoms with Gasteiger partial charge in [0.2, 0.25) is 5.91 Å². The monoisotopic (exact) mass is 467 g/mol. The van der Waals surface area contributed by atoms with Gasteiger partial charge in [-0.2, -0.15) is 0 Å². The van der Waals surface area contributed by atoms with Crippen LogP contribution in [-0.4, -0.2) is 55.0 Å². The summed E-state index contributed by atoms with van der Waals surface area (Å²) in [7, 11) is 0. The molecular weight excluding hydrogens is 438 g/mol. The number of amides is 3. The van der Waals surface area contributed by atoms with Crippen molar-refractivity contribution < 1.29 is 28.7 Å². The van der Waals surface area contributed by atoms with Gasteiger partial charge in [0.15, 0.2) is 0 Å². The Hall–Kier alpha value is -3.88. The molecule has 9 nitrogen and oxygen atoms in total. The van der Waals surface area contributed by atoms with Crippen LogP contribution in [0.1, 0.15) is 47.4 Å². The number of carbonyl (C=O) groups excluding carboxylic acids is 4. The van der Waals surface area contributed by atoms with Gasteiger partial charge in [-0.15, -0.1) is 0 Å². The van der Waals surface area contributed by atoms with Crippen molar-refractivity contribution in [3.8, 4) is 5.75 Å². The number of benzene rings is 2. The maximum Gasteiger partial charge on any atom is 0.513 e. The van der Waals surface area contributed by atoms with Crippen LogP contribution in [0.3, 0.4) is 0 Å². The minimum absolute atomic E-state index is 0.0834. The second-order valence-electron chi connectivity index (χ2n) is 8.02. The number of hydrogen-bond donors (Lipinski definition) is 2. The largest absolute Gasteiger partial charge is 0.513 e. The molecule has 0 unspecified atom stereocenters. The van der Waals surface area contributed by atoms with Gasteiger partial charge >= 0.3 is 6.16 Å². The fraction of sp³-hybridized carbons (Fsp3) is 0.360. The number of ether oxygens (including phenoxy) is 2. The molecule has 3 amide bonds. The van der Waals surface area contributed by atoms with Crippen LogP contribution in [0.2, 0.25) is 0 Å². The molecule has 0 radical (unpaired) electrons. The minimum Gasteiger partial charge on any atom is -0.434 e. The maximum atomic E-state index is 12.8. The lowest BCUT2D eigenvalue weighted by Crippen LogP contribution is -2.41. The summed E-state index contributed by atoms with van der Waals surface area (Å²) in [5, 5.41) is 5.62. The summed E-state index contributed by atoms with van der Waals surface area (Å²) >= 11 is 0. The SMILES string of the molecule is CCOC(=O)Oc1ccc(C(=O)N2CCC(CNC(=O)c3cccc(NC(C)=O)c3)CC2)cc1. The Balaban J connectivity index is 1.45. The van der Waals surface area contributed by atoms with E-state index in [4.69, 9.17) is 9.47 Å². The van der Waals surface area contributed by atoms with Crippen molar-refractivity contribution in [2.45, 2.75) is 26.7 Å². The molecule has 180 valence electrons. The second kappa shape index (κ2) is 11.8. The number of anilines is 1. The first-order chi connectivity index (χ1) is 16.4. The van der Waals surface area contributed by atoms with Gasteiger partial charge in [0.1, 0.15) is 5.75 Å². The van der Waals surface area contributed by atoms with E-state index in [-0.39, 0.29) is 30.2 Å². The van der Waals surface area contributed by atoms with Crippen LogP contribution in [0.25, 0.3) is 0 Å². The standard InChI is InChI=1S/C25H29N3O6/c1-3-33-25(32)34-22-9-7-19(8-10-22)24(31)28-13-11-18(12-14-28)16-26-23(30)20-5-4-6-21(15-20)27-17(2)29/h4-10,15,18H,3,11-14,16H2,1-2H3,(H,26,30)(H,27,29). The molecule has 0 aliphatic carbocycles. The van der Waals surface area contributed by atoms with Crippen molar-refractivity contribution in [2.75, 3.05) is 31.6 Å². The Kier molecular flexibility index (Phi) is 8.61. The van der Waals surface area contributed by atoms with E-state index >= 15 is 0 Å². The van der Waals surface area contributed by atoms with E-state index in [2.05, 4.69) is 10.6 Å². The first-order valence-electron chi connectivity index (χ1n) is 11.3. The molecule has 2 aromatic rings. The molecule has 3 rings (SSSR count). The highest BCUT2D eigenvalue weighted by atomic mass is 16.7. The van der Waals surface area contributed by atoms with E-state index in [9.17, 15) is 19.2 Å². The van der Waals surface area contributed by atoms with Crippen molar-refractivity contribution in [3.63, 3.8) is 0 Å². The van der Waals surface area contributed by atoms with Crippen LogP contribution < -0.4 is 15.4 Å². The molecule has 1 aliphatic heterocycles. The van der Waals surface area contributed by atoms with Gasteiger partial charge in [0, 0.05) is 43.4 Å². The molecule has 1 saturated heterocycles. The van der Waals surface area contributed by atoms with Gasteiger partial charge in [0.05, 0.1) is 6.61 Å². The third kappa shape index (κ3) is 7.06. The summed E-state index contributed by atoms with van der Waals surface area (Å²) < 4.78 is 9.74. The summed E-state index contributed by atoms with van der Waals surface area (Å²) in [4.78, 5) is 49.7. The summed E-state index contributed by atoms with van der Waals surface area (Å²) in [6.45, 7) is 5.04. The number of piperidine rings is 1. The molecule has 0 saturated carbocycles. The van der Waals surface area contributed by atoms with Gasteiger partial charge < -0.3 is 25.0 Å². The summed E-state index contributed by atoms with van der Waals surface area (Å²) in [6, 6.07) is 13.2. The smallest absolute Gasteiger partial charge is 0.434 e. The molecule has 1 fully saturated rings. The highest BCUT2D eigenvalue weighted by Gasteiger charge is 2.24. The lowest BCUT2D eigenvalue weighted by Gasteiger charge is -2.32. The molecule has 2 N–H and O–H groups in total. The van der Waals surface area contributed by atoms with Crippen LogP contribution in [0, 0.1) is 5.92 Å². The van der Waals surface area contributed by atoms with Crippen LogP contribution in [-0.2, 0) is 9.53 Å². The first kappa shape index (κ1) is 24.8. The van der Waals surface area contributed by atoms with Gasteiger partial charge in [-0.25, -0.2) is 4.79 Å². The zero-order valence-corrected chi connectivity index (χ0v) is 19.3. The fourth-order valence-electron chi connectivity index (χ4n) is 3.71. The van der Waals surface area contributed by atoms with E-state index in [0.29, 0.717) is 42.2 Å². The average Bonchev–Trinajstić information content (AvgIpc) is 2.83. The second-order valence-corrected chi connectivity index (χ2v) is 8.02. The minimum atomic E-state index is -0.781. The van der Waals surface area contributed by atoms with Crippen LogP contribution in [0.4, 0.5) is 10.5 Å². The number of nitrogens with zero attached hydrogens (tertiary/aromatic N) is 1. The van der Waals surface area contributed by atoms with Gasteiger partial charge in [-0.05, 0) is 68.1 Å². The highest BCUT2D eigenvalue weighted by molar-refractivity contribution is 5.97. The summed E-state index contributed by atoms with van der Waals surface area (Å²) in [6.07, 6.45) is 0.778. The van der Waals surface area contributed by atoms with Crippen molar-refractivity contribution in [1.29, 1.82) is 0 Å². The van der Waals surface area contributed by atoms with E-state index in [1.807, 2.05) is 0 Å². The molecule has 0 aromatic heterocycles. The Morgan fingerprint density at radius 3 is 2.35 bits per heavy atom. The molecule has 0 atom stereocenters. The van der Waals surface area contributed by atoms with E-state index in [1.165, 1.54) is 6.92 Å². The summed E-state index contributed by atoms with van der Waals surface area (Å²) in [5.41, 5.74) is 1.57. The third-order valence-electron chi connectivity index (χ3n) is 5.46. The molecule has 2 aromatic carbocycles.